The zero-order chi connectivity index (χ0) is 22.3. The highest BCUT2D eigenvalue weighted by atomic mass is 16.2. The molecule has 0 aliphatic carbocycles. The number of hydrogen-bond donors (Lipinski definition) is 4. The molecule has 3 atom stereocenters. The largest absolute Gasteiger partial charge is 0.348 e. The minimum atomic E-state index is -0.758. The fourth-order valence-corrected chi connectivity index (χ4v) is 4.02. The van der Waals surface area contributed by atoms with E-state index in [2.05, 4.69) is 30.6 Å². The number of ketones is 1. The first-order valence-corrected chi connectivity index (χ1v) is 10.7. The molecule has 3 aromatic rings. The van der Waals surface area contributed by atoms with Gasteiger partial charge in [0.25, 0.3) is 0 Å². The third-order valence-corrected chi connectivity index (χ3v) is 5.77. The van der Waals surface area contributed by atoms with Crippen molar-refractivity contribution < 1.29 is 14.4 Å². The molecular weight excluding hydrogens is 408 g/mol. The molecule has 1 aliphatic rings. The number of fused-ring (bicyclic) bond motifs is 1. The smallest absolute Gasteiger partial charge is 0.238 e. The second kappa shape index (κ2) is 10.1. The summed E-state index contributed by atoms with van der Waals surface area (Å²) in [5.74, 6) is -0.918. The quantitative estimate of drug-likeness (QED) is 0.350. The van der Waals surface area contributed by atoms with Crippen molar-refractivity contribution >= 4 is 18.0 Å². The maximum Gasteiger partial charge on any atom is 0.238 e. The molecule has 166 valence electrons. The number of aromatic nitrogens is 4. The van der Waals surface area contributed by atoms with E-state index in [1.54, 1.807) is 12.4 Å². The van der Waals surface area contributed by atoms with Gasteiger partial charge in [-0.2, -0.15) is 0 Å². The number of aldehydes is 1. The van der Waals surface area contributed by atoms with Crippen molar-refractivity contribution in [2.45, 2.75) is 44.3 Å². The Bertz CT molecular complexity index is 1050. The lowest BCUT2D eigenvalue weighted by Gasteiger charge is -2.27. The van der Waals surface area contributed by atoms with Crippen LogP contribution < -0.4 is 10.6 Å². The van der Waals surface area contributed by atoms with Gasteiger partial charge in [-0.05, 0) is 24.0 Å². The maximum atomic E-state index is 13.1. The number of nitrogens with zero attached hydrogens (tertiary/aromatic N) is 2. The Balaban J connectivity index is 1.43. The van der Waals surface area contributed by atoms with Gasteiger partial charge in [-0.3, -0.25) is 9.59 Å². The molecule has 32 heavy (non-hydrogen) atoms. The number of benzene rings is 1. The fraction of sp³-hybridized carbons (Fsp3) is 0.348. The highest BCUT2D eigenvalue weighted by molar-refractivity contribution is 5.92. The highest BCUT2D eigenvalue weighted by Crippen LogP contribution is 2.17. The van der Waals surface area contributed by atoms with Crippen LogP contribution in [0.4, 0.5) is 0 Å². The molecule has 4 rings (SSSR count). The first-order chi connectivity index (χ1) is 15.6. The Hall–Kier alpha value is -3.59. The zero-order valence-electron chi connectivity index (χ0n) is 17.6. The molecule has 1 aromatic carbocycles. The van der Waals surface area contributed by atoms with Crippen LogP contribution in [0.1, 0.15) is 28.9 Å². The Morgan fingerprint density at radius 1 is 1.06 bits per heavy atom. The zero-order valence-corrected chi connectivity index (χ0v) is 17.6. The van der Waals surface area contributed by atoms with Gasteiger partial charge in [0, 0.05) is 49.1 Å². The molecule has 0 saturated heterocycles. The number of Topliss-reactive ketones (excluding diaryl/α,β-unsaturated/α-hetero) is 1. The Labute approximate surface area is 185 Å². The normalized spacial score (nSPS) is 17.2. The number of H-pyrrole nitrogens is 2. The summed E-state index contributed by atoms with van der Waals surface area (Å²) in [6, 6.07) is 6.82. The predicted molar refractivity (Wildman–Crippen MR) is 116 cm³/mol. The summed E-state index contributed by atoms with van der Waals surface area (Å²) >= 11 is 0. The molecule has 9 nitrogen and oxygen atoms in total. The summed E-state index contributed by atoms with van der Waals surface area (Å²) in [6.45, 7) is 0.602. The number of aromatic amines is 2. The fourth-order valence-electron chi connectivity index (χ4n) is 4.02. The van der Waals surface area contributed by atoms with Gasteiger partial charge in [0.2, 0.25) is 5.91 Å². The molecule has 0 unspecified atom stereocenters. The summed E-state index contributed by atoms with van der Waals surface area (Å²) in [7, 11) is 0. The SMILES string of the molecule is O=C[C@H](CC(=O)[C@H](Cc1cnc[nH]1)NC(=O)[C@@H]1Cc2ccccc2CN1)Cc1cnc[nH]1. The number of carbonyl (C=O) groups excluding carboxylic acids is 3. The van der Waals surface area contributed by atoms with Crippen LogP contribution in [0.25, 0.3) is 0 Å². The van der Waals surface area contributed by atoms with E-state index in [-0.39, 0.29) is 24.5 Å². The second-order valence-corrected chi connectivity index (χ2v) is 8.10. The van der Waals surface area contributed by atoms with Crippen molar-refractivity contribution in [2.75, 3.05) is 0 Å². The van der Waals surface area contributed by atoms with Crippen LogP contribution in [0.3, 0.4) is 0 Å². The summed E-state index contributed by atoms with van der Waals surface area (Å²) in [6.07, 6.45) is 8.38. The minimum Gasteiger partial charge on any atom is -0.348 e. The van der Waals surface area contributed by atoms with Gasteiger partial charge < -0.3 is 25.4 Å². The van der Waals surface area contributed by atoms with Gasteiger partial charge in [0.05, 0.1) is 24.7 Å². The minimum absolute atomic E-state index is 0.0303. The molecular formula is C23H26N6O3. The first-order valence-electron chi connectivity index (χ1n) is 10.7. The monoisotopic (exact) mass is 434 g/mol. The number of nitrogens with one attached hydrogen (secondary N) is 4. The van der Waals surface area contributed by atoms with E-state index in [0.717, 1.165) is 23.2 Å². The van der Waals surface area contributed by atoms with E-state index in [1.807, 2.05) is 24.3 Å². The Kier molecular flexibility index (Phi) is 6.86. The highest BCUT2D eigenvalue weighted by Gasteiger charge is 2.29. The number of amides is 1. The molecule has 4 N–H and O–H groups in total. The third-order valence-electron chi connectivity index (χ3n) is 5.77. The van der Waals surface area contributed by atoms with Gasteiger partial charge >= 0.3 is 0 Å². The molecule has 3 heterocycles. The number of imidazole rings is 2. The van der Waals surface area contributed by atoms with Gasteiger partial charge in [0.1, 0.15) is 6.29 Å². The lowest BCUT2D eigenvalue weighted by molar-refractivity contribution is -0.130. The van der Waals surface area contributed by atoms with Crippen LogP contribution in [0.15, 0.2) is 49.3 Å². The van der Waals surface area contributed by atoms with E-state index in [9.17, 15) is 14.4 Å². The van der Waals surface area contributed by atoms with Crippen molar-refractivity contribution in [1.82, 2.24) is 30.6 Å². The van der Waals surface area contributed by atoms with Gasteiger partial charge in [-0.25, -0.2) is 9.97 Å². The lowest BCUT2D eigenvalue weighted by atomic mass is 9.92. The third kappa shape index (κ3) is 5.36. The molecule has 0 spiro atoms. The van der Waals surface area contributed by atoms with Crippen molar-refractivity contribution in [3.05, 3.63) is 71.8 Å². The summed E-state index contributed by atoms with van der Waals surface area (Å²) < 4.78 is 0. The number of carbonyl (C=O) groups is 3. The van der Waals surface area contributed by atoms with Crippen LogP contribution in [-0.4, -0.2) is 50.0 Å². The van der Waals surface area contributed by atoms with Crippen LogP contribution >= 0.6 is 0 Å². The molecule has 0 saturated carbocycles. The van der Waals surface area contributed by atoms with Gasteiger partial charge in [-0.15, -0.1) is 0 Å². The first kappa shape index (κ1) is 21.6. The van der Waals surface area contributed by atoms with Crippen molar-refractivity contribution in [2.24, 2.45) is 5.92 Å². The summed E-state index contributed by atoms with van der Waals surface area (Å²) in [5.41, 5.74) is 3.83. The molecule has 0 bridgehead atoms. The molecule has 2 aromatic heterocycles. The Morgan fingerprint density at radius 3 is 2.41 bits per heavy atom. The van der Waals surface area contributed by atoms with Gasteiger partial charge in [-0.1, -0.05) is 24.3 Å². The lowest BCUT2D eigenvalue weighted by Crippen LogP contribution is -2.53. The van der Waals surface area contributed by atoms with E-state index < -0.39 is 18.0 Å². The van der Waals surface area contributed by atoms with Crippen molar-refractivity contribution in [3.63, 3.8) is 0 Å². The van der Waals surface area contributed by atoms with Crippen molar-refractivity contribution in [3.8, 4) is 0 Å². The average Bonchev–Trinajstić information content (AvgIpc) is 3.52. The van der Waals surface area contributed by atoms with E-state index in [0.29, 0.717) is 19.4 Å². The second-order valence-electron chi connectivity index (χ2n) is 8.10. The van der Waals surface area contributed by atoms with Crippen LogP contribution in [0.5, 0.6) is 0 Å². The molecule has 1 aliphatic heterocycles. The Morgan fingerprint density at radius 2 is 1.75 bits per heavy atom. The van der Waals surface area contributed by atoms with E-state index in [1.165, 1.54) is 18.2 Å². The standard InChI is InChI=1S/C23H26N6O3/c30-12-15(5-18-10-24-13-27-18)6-22(31)20(8-19-11-25-14-28-19)29-23(32)21-7-16-3-1-2-4-17(16)9-26-21/h1-4,10-15,20-21,26H,5-9H2,(H,24,27)(H,25,28)(H,29,32)/t15-,20-,21-/m0/s1. The maximum absolute atomic E-state index is 13.1. The van der Waals surface area contributed by atoms with Crippen LogP contribution in [0, 0.1) is 5.92 Å². The predicted octanol–water partition coefficient (Wildman–Crippen LogP) is 0.892. The summed E-state index contributed by atoms with van der Waals surface area (Å²) in [5, 5.41) is 6.16. The number of hydrogen-bond acceptors (Lipinski definition) is 6. The molecule has 9 heteroatoms. The molecule has 0 radical (unpaired) electrons. The topological polar surface area (TPSA) is 133 Å². The van der Waals surface area contributed by atoms with E-state index in [4.69, 9.17) is 0 Å². The average molecular weight is 435 g/mol. The summed E-state index contributed by atoms with van der Waals surface area (Å²) in [4.78, 5) is 51.6. The van der Waals surface area contributed by atoms with Crippen LogP contribution in [0.2, 0.25) is 0 Å². The molecule has 1 amide bonds. The van der Waals surface area contributed by atoms with Gasteiger partial charge in [0.15, 0.2) is 5.78 Å². The van der Waals surface area contributed by atoms with Crippen molar-refractivity contribution in [1.29, 1.82) is 0 Å². The number of rotatable bonds is 10. The van der Waals surface area contributed by atoms with E-state index >= 15 is 0 Å². The van der Waals surface area contributed by atoms with Crippen LogP contribution in [-0.2, 0) is 40.2 Å². The molecule has 0 fully saturated rings.